The fourth-order valence-corrected chi connectivity index (χ4v) is 2.54. The van der Waals surface area contributed by atoms with Crippen molar-refractivity contribution in [2.24, 2.45) is 21.7 Å². The van der Waals surface area contributed by atoms with E-state index < -0.39 is 0 Å². The molecule has 0 fully saturated rings. The van der Waals surface area contributed by atoms with Crippen LogP contribution in [0.1, 0.15) is 11.1 Å². The predicted octanol–water partition coefficient (Wildman–Crippen LogP) is 3.33. The van der Waals surface area contributed by atoms with E-state index >= 15 is 0 Å². The molecule has 0 saturated heterocycles. The Hall–Kier alpha value is -4.00. The standard InChI is InChI=1S/C23H24N4O3/c24-23(25)27-26-16-19-7-4-8-22(15-19)29-14-13-28-20-9-11-21(12-10-20)30-17-18-5-2-1-3-6-18/h1-12,15-16H,13-14,17H2,(H4,24,25,27). The van der Waals surface area contributed by atoms with Crippen molar-refractivity contribution >= 4 is 12.2 Å². The monoisotopic (exact) mass is 404 g/mol. The molecule has 3 rings (SSSR count). The fraction of sp³-hybridized carbons (Fsp3) is 0.130. The van der Waals surface area contributed by atoms with E-state index in [9.17, 15) is 0 Å². The molecule has 0 aliphatic carbocycles. The molecule has 0 aliphatic heterocycles. The maximum Gasteiger partial charge on any atom is 0.211 e. The van der Waals surface area contributed by atoms with Gasteiger partial charge in [-0.05, 0) is 47.5 Å². The van der Waals surface area contributed by atoms with Gasteiger partial charge in [-0.3, -0.25) is 0 Å². The third-order valence-electron chi connectivity index (χ3n) is 3.93. The highest BCUT2D eigenvalue weighted by atomic mass is 16.5. The Morgan fingerprint density at radius 3 is 2.10 bits per heavy atom. The van der Waals surface area contributed by atoms with Gasteiger partial charge in [0.2, 0.25) is 5.96 Å². The molecule has 0 saturated carbocycles. The summed E-state index contributed by atoms with van der Waals surface area (Å²) in [5, 5.41) is 7.34. The SMILES string of the molecule is NC(N)=NN=Cc1cccc(OCCOc2ccc(OCc3ccccc3)cc2)c1. The minimum atomic E-state index is -0.0911. The molecule has 3 aromatic rings. The van der Waals surface area contributed by atoms with Gasteiger partial charge < -0.3 is 25.7 Å². The lowest BCUT2D eigenvalue weighted by atomic mass is 10.2. The first-order valence-corrected chi connectivity index (χ1v) is 9.43. The van der Waals surface area contributed by atoms with Crippen LogP contribution in [0.25, 0.3) is 0 Å². The second kappa shape index (κ2) is 11.1. The van der Waals surface area contributed by atoms with E-state index in [0.717, 1.165) is 22.6 Å². The van der Waals surface area contributed by atoms with Crippen LogP contribution in [0.5, 0.6) is 17.2 Å². The van der Waals surface area contributed by atoms with E-state index in [1.807, 2.05) is 78.9 Å². The smallest absolute Gasteiger partial charge is 0.211 e. The highest BCUT2D eigenvalue weighted by molar-refractivity contribution is 5.81. The first kappa shape index (κ1) is 20.7. The minimum Gasteiger partial charge on any atom is -0.490 e. The fourth-order valence-electron chi connectivity index (χ4n) is 2.54. The van der Waals surface area contributed by atoms with Crippen LogP contribution >= 0.6 is 0 Å². The lowest BCUT2D eigenvalue weighted by Crippen LogP contribution is -2.21. The summed E-state index contributed by atoms with van der Waals surface area (Å²) in [5.74, 6) is 2.16. The van der Waals surface area contributed by atoms with Crippen molar-refractivity contribution < 1.29 is 14.2 Å². The second-order valence-electron chi connectivity index (χ2n) is 6.28. The molecule has 0 aliphatic rings. The highest BCUT2D eigenvalue weighted by Gasteiger charge is 1.99. The Bertz CT molecular complexity index is 969. The first-order chi connectivity index (χ1) is 14.7. The van der Waals surface area contributed by atoms with Crippen LogP contribution in [0.2, 0.25) is 0 Å². The topological polar surface area (TPSA) is 104 Å². The Morgan fingerprint density at radius 2 is 1.40 bits per heavy atom. The Morgan fingerprint density at radius 1 is 0.733 bits per heavy atom. The van der Waals surface area contributed by atoms with Crippen molar-refractivity contribution in [1.29, 1.82) is 0 Å². The normalized spacial score (nSPS) is 10.5. The molecule has 0 heterocycles. The van der Waals surface area contributed by atoms with Gasteiger partial charge in [0.1, 0.15) is 37.1 Å². The first-order valence-electron chi connectivity index (χ1n) is 9.43. The summed E-state index contributed by atoms with van der Waals surface area (Å²) in [4.78, 5) is 0. The molecule has 7 nitrogen and oxygen atoms in total. The number of nitrogens with two attached hydrogens (primary N) is 2. The van der Waals surface area contributed by atoms with Gasteiger partial charge >= 0.3 is 0 Å². The number of guanidine groups is 1. The lowest BCUT2D eigenvalue weighted by Gasteiger charge is -2.10. The molecule has 3 aromatic carbocycles. The van der Waals surface area contributed by atoms with E-state index in [1.54, 1.807) is 6.21 Å². The molecule has 0 spiro atoms. The summed E-state index contributed by atoms with van der Waals surface area (Å²) >= 11 is 0. The van der Waals surface area contributed by atoms with Gasteiger partial charge in [-0.25, -0.2) is 0 Å². The lowest BCUT2D eigenvalue weighted by molar-refractivity contribution is 0.217. The molecule has 0 radical (unpaired) electrons. The molecule has 7 heteroatoms. The summed E-state index contributed by atoms with van der Waals surface area (Å²) in [7, 11) is 0. The van der Waals surface area contributed by atoms with Crippen LogP contribution in [-0.2, 0) is 6.61 Å². The molecule has 0 atom stereocenters. The second-order valence-corrected chi connectivity index (χ2v) is 6.28. The quantitative estimate of drug-likeness (QED) is 0.233. The minimum absolute atomic E-state index is 0.0911. The Labute approximate surface area is 175 Å². The summed E-state index contributed by atoms with van der Waals surface area (Å²) in [6.07, 6.45) is 1.55. The van der Waals surface area contributed by atoms with Gasteiger partial charge in [0.25, 0.3) is 0 Å². The van der Waals surface area contributed by atoms with E-state index in [4.69, 9.17) is 25.7 Å². The molecular formula is C23H24N4O3. The molecule has 0 bridgehead atoms. The van der Waals surface area contributed by atoms with Crippen molar-refractivity contribution in [3.05, 3.63) is 90.0 Å². The largest absolute Gasteiger partial charge is 0.490 e. The molecule has 0 unspecified atom stereocenters. The zero-order valence-corrected chi connectivity index (χ0v) is 16.5. The van der Waals surface area contributed by atoms with Crippen LogP contribution in [0, 0.1) is 0 Å². The van der Waals surface area contributed by atoms with Crippen molar-refractivity contribution in [3.63, 3.8) is 0 Å². The molecule has 30 heavy (non-hydrogen) atoms. The van der Waals surface area contributed by atoms with Crippen molar-refractivity contribution in [1.82, 2.24) is 0 Å². The van der Waals surface area contributed by atoms with Crippen molar-refractivity contribution in [2.45, 2.75) is 6.61 Å². The number of nitrogens with zero attached hydrogens (tertiary/aromatic N) is 2. The third-order valence-corrected chi connectivity index (χ3v) is 3.93. The van der Waals surface area contributed by atoms with Crippen molar-refractivity contribution in [2.75, 3.05) is 13.2 Å². The highest BCUT2D eigenvalue weighted by Crippen LogP contribution is 2.19. The van der Waals surface area contributed by atoms with Crippen LogP contribution in [0.15, 0.2) is 89.1 Å². The number of benzene rings is 3. The molecule has 4 N–H and O–H groups in total. The number of hydrogen-bond donors (Lipinski definition) is 2. The van der Waals surface area contributed by atoms with E-state index in [-0.39, 0.29) is 5.96 Å². The summed E-state index contributed by atoms with van der Waals surface area (Å²) < 4.78 is 17.2. The van der Waals surface area contributed by atoms with Crippen LogP contribution in [-0.4, -0.2) is 25.4 Å². The number of ether oxygens (including phenoxy) is 3. The van der Waals surface area contributed by atoms with Crippen molar-refractivity contribution in [3.8, 4) is 17.2 Å². The summed E-state index contributed by atoms with van der Waals surface area (Å²) in [5.41, 5.74) is 12.4. The van der Waals surface area contributed by atoms with Gasteiger partial charge in [-0.1, -0.05) is 42.5 Å². The number of hydrogen-bond acceptors (Lipinski definition) is 5. The third kappa shape index (κ3) is 7.20. The Balaban J connectivity index is 1.40. The van der Waals surface area contributed by atoms with Gasteiger partial charge in [0, 0.05) is 0 Å². The average Bonchev–Trinajstić information content (AvgIpc) is 2.77. The van der Waals surface area contributed by atoms with Gasteiger partial charge in [0.05, 0.1) is 6.21 Å². The maximum absolute atomic E-state index is 5.77. The van der Waals surface area contributed by atoms with Crippen LogP contribution in [0.4, 0.5) is 0 Å². The maximum atomic E-state index is 5.77. The number of rotatable bonds is 10. The zero-order valence-electron chi connectivity index (χ0n) is 16.5. The zero-order chi connectivity index (χ0) is 21.0. The molecule has 154 valence electrons. The van der Waals surface area contributed by atoms with Crippen LogP contribution in [0.3, 0.4) is 0 Å². The molecule has 0 aromatic heterocycles. The molecule has 0 amide bonds. The Kier molecular flexibility index (Phi) is 7.68. The van der Waals surface area contributed by atoms with E-state index in [2.05, 4.69) is 10.2 Å². The van der Waals surface area contributed by atoms with Gasteiger partial charge in [-0.15, -0.1) is 5.10 Å². The van der Waals surface area contributed by atoms with Gasteiger partial charge in [0.15, 0.2) is 0 Å². The molecular weight excluding hydrogens is 380 g/mol. The van der Waals surface area contributed by atoms with E-state index in [1.165, 1.54) is 0 Å². The van der Waals surface area contributed by atoms with E-state index in [0.29, 0.717) is 25.6 Å². The van der Waals surface area contributed by atoms with Crippen LogP contribution < -0.4 is 25.7 Å². The van der Waals surface area contributed by atoms with Gasteiger partial charge in [-0.2, -0.15) is 5.10 Å². The summed E-state index contributed by atoms with van der Waals surface area (Å²) in [6.45, 7) is 1.35. The summed E-state index contributed by atoms with van der Waals surface area (Å²) in [6, 6.07) is 25.0. The average molecular weight is 404 g/mol. The predicted molar refractivity (Wildman–Crippen MR) is 118 cm³/mol.